The highest BCUT2D eigenvalue weighted by molar-refractivity contribution is 7.92. The molecule has 0 saturated carbocycles. The van der Waals surface area contributed by atoms with Gasteiger partial charge in [0.05, 0.1) is 10.6 Å². The number of nitrogens with zero attached hydrogens (tertiary/aromatic N) is 2. The molecular formula is C28H29Cl4N3O4S. The van der Waals surface area contributed by atoms with Gasteiger partial charge in [-0.25, -0.2) is 8.42 Å². The van der Waals surface area contributed by atoms with Gasteiger partial charge in [-0.2, -0.15) is 0 Å². The molecule has 0 spiro atoms. The Bertz CT molecular complexity index is 1450. The van der Waals surface area contributed by atoms with E-state index >= 15 is 0 Å². The van der Waals surface area contributed by atoms with Gasteiger partial charge in [-0.05, 0) is 70.2 Å². The van der Waals surface area contributed by atoms with Gasteiger partial charge in [-0.1, -0.05) is 70.7 Å². The van der Waals surface area contributed by atoms with Gasteiger partial charge in [0.15, 0.2) is 0 Å². The number of benzene rings is 3. The Morgan fingerprint density at radius 3 is 1.95 bits per heavy atom. The van der Waals surface area contributed by atoms with Crippen molar-refractivity contribution in [1.82, 2.24) is 10.2 Å². The van der Waals surface area contributed by atoms with Crippen molar-refractivity contribution in [3.63, 3.8) is 0 Å². The molecule has 2 amide bonds. The first-order chi connectivity index (χ1) is 18.6. The molecule has 1 N–H and O–H groups in total. The van der Waals surface area contributed by atoms with Gasteiger partial charge in [-0.15, -0.1) is 0 Å². The van der Waals surface area contributed by atoms with Crippen LogP contribution >= 0.6 is 46.4 Å². The van der Waals surface area contributed by atoms with Crippen LogP contribution in [0, 0.1) is 0 Å². The third-order valence-electron chi connectivity index (χ3n) is 5.80. The molecule has 0 aliphatic heterocycles. The summed E-state index contributed by atoms with van der Waals surface area (Å²) in [4.78, 5) is 28.4. The molecule has 0 unspecified atom stereocenters. The van der Waals surface area contributed by atoms with Gasteiger partial charge in [0.2, 0.25) is 11.8 Å². The highest BCUT2D eigenvalue weighted by Crippen LogP contribution is 2.31. The van der Waals surface area contributed by atoms with E-state index in [1.807, 2.05) is 20.8 Å². The first-order valence-electron chi connectivity index (χ1n) is 12.2. The van der Waals surface area contributed by atoms with Crippen molar-refractivity contribution in [2.24, 2.45) is 0 Å². The van der Waals surface area contributed by atoms with Crippen molar-refractivity contribution in [3.8, 4) is 0 Å². The molecule has 3 aromatic rings. The maximum Gasteiger partial charge on any atom is 0.264 e. The molecule has 0 aliphatic carbocycles. The van der Waals surface area contributed by atoms with Crippen LogP contribution < -0.4 is 9.62 Å². The summed E-state index contributed by atoms with van der Waals surface area (Å²) in [6, 6.07) is 15.8. The molecule has 0 saturated heterocycles. The van der Waals surface area contributed by atoms with Crippen LogP contribution in [0.1, 0.15) is 33.3 Å². The van der Waals surface area contributed by atoms with E-state index in [1.165, 1.54) is 35.2 Å². The second-order valence-corrected chi connectivity index (χ2v) is 13.6. The number of anilines is 1. The number of nitrogens with one attached hydrogen (secondary N) is 1. The zero-order valence-corrected chi connectivity index (χ0v) is 26.1. The Morgan fingerprint density at radius 1 is 0.875 bits per heavy atom. The van der Waals surface area contributed by atoms with E-state index in [9.17, 15) is 18.0 Å². The van der Waals surface area contributed by atoms with E-state index in [0.717, 1.165) is 4.31 Å². The van der Waals surface area contributed by atoms with Crippen LogP contribution in [0.4, 0.5) is 5.69 Å². The summed E-state index contributed by atoms with van der Waals surface area (Å²) >= 11 is 25.2. The Kier molecular flexibility index (Phi) is 10.4. The maximum absolute atomic E-state index is 14.0. The average Bonchev–Trinajstić information content (AvgIpc) is 2.85. The highest BCUT2D eigenvalue weighted by atomic mass is 35.5. The number of hydrogen-bond donors (Lipinski definition) is 1. The molecule has 0 aliphatic rings. The predicted molar refractivity (Wildman–Crippen MR) is 162 cm³/mol. The monoisotopic (exact) mass is 643 g/mol. The van der Waals surface area contributed by atoms with Gasteiger partial charge in [-0.3, -0.25) is 13.9 Å². The minimum atomic E-state index is -4.26. The quantitative estimate of drug-likeness (QED) is 0.277. The van der Waals surface area contributed by atoms with Crippen LogP contribution in [-0.4, -0.2) is 43.3 Å². The minimum Gasteiger partial charge on any atom is -0.350 e. The number of rotatable bonds is 9. The summed E-state index contributed by atoms with van der Waals surface area (Å²) < 4.78 is 28.6. The zero-order valence-electron chi connectivity index (χ0n) is 22.3. The second kappa shape index (κ2) is 13.0. The van der Waals surface area contributed by atoms with Gasteiger partial charge in [0.1, 0.15) is 12.6 Å². The third-order valence-corrected chi connectivity index (χ3v) is 8.73. The second-order valence-electron chi connectivity index (χ2n) is 10.1. The lowest BCUT2D eigenvalue weighted by Crippen LogP contribution is -2.54. The summed E-state index contributed by atoms with van der Waals surface area (Å²) in [5.74, 6) is -1.12. The van der Waals surface area contributed by atoms with Crippen LogP contribution in [0.3, 0.4) is 0 Å². The van der Waals surface area contributed by atoms with Crippen LogP contribution in [0.25, 0.3) is 0 Å². The fourth-order valence-corrected chi connectivity index (χ4v) is 6.29. The van der Waals surface area contributed by atoms with Crippen LogP contribution in [-0.2, 0) is 26.2 Å². The Balaban J connectivity index is 2.10. The van der Waals surface area contributed by atoms with Crippen molar-refractivity contribution in [2.45, 2.75) is 50.7 Å². The summed E-state index contributed by atoms with van der Waals surface area (Å²) in [6.45, 7) is 6.17. The third kappa shape index (κ3) is 8.04. The minimum absolute atomic E-state index is 0.0434. The fourth-order valence-electron chi connectivity index (χ4n) is 3.84. The predicted octanol–water partition coefficient (Wildman–Crippen LogP) is 6.83. The molecule has 3 aromatic carbocycles. The SMILES string of the molecule is C[C@H](C(=O)NC(C)(C)C)N(Cc1c(Cl)cccc1Cl)C(=O)CN(c1cc(Cl)cc(Cl)c1)S(=O)(=O)c1ccccc1. The molecule has 0 heterocycles. The van der Waals surface area contributed by atoms with E-state index in [1.54, 1.807) is 43.3 Å². The summed E-state index contributed by atoms with van der Waals surface area (Å²) in [5, 5.41) is 3.81. The van der Waals surface area contributed by atoms with E-state index in [-0.39, 0.29) is 27.2 Å². The van der Waals surface area contributed by atoms with Crippen LogP contribution in [0.2, 0.25) is 20.1 Å². The highest BCUT2D eigenvalue weighted by Gasteiger charge is 2.34. The molecule has 0 bridgehead atoms. The number of hydrogen-bond acceptors (Lipinski definition) is 4. The Labute approximate surface area is 255 Å². The van der Waals surface area contributed by atoms with Gasteiger partial charge in [0, 0.05) is 37.7 Å². The topological polar surface area (TPSA) is 86.8 Å². The number of sulfonamides is 1. The van der Waals surface area contributed by atoms with E-state index < -0.39 is 40.0 Å². The first kappa shape index (κ1) is 32.0. The molecule has 214 valence electrons. The summed E-state index contributed by atoms with van der Waals surface area (Å²) in [6.07, 6.45) is 0. The molecule has 12 heteroatoms. The number of carbonyl (C=O) groups is 2. The number of halogens is 4. The van der Waals surface area contributed by atoms with Crippen molar-refractivity contribution >= 4 is 73.9 Å². The lowest BCUT2D eigenvalue weighted by Gasteiger charge is -2.34. The van der Waals surface area contributed by atoms with Crippen molar-refractivity contribution in [2.75, 3.05) is 10.8 Å². The molecule has 3 rings (SSSR count). The first-order valence-corrected chi connectivity index (χ1v) is 15.1. The molecule has 0 fully saturated rings. The van der Waals surface area contributed by atoms with Crippen molar-refractivity contribution < 1.29 is 18.0 Å². The van der Waals surface area contributed by atoms with Crippen LogP contribution in [0.5, 0.6) is 0 Å². The summed E-state index contributed by atoms with van der Waals surface area (Å²) in [7, 11) is -4.26. The van der Waals surface area contributed by atoms with E-state index in [0.29, 0.717) is 15.6 Å². The zero-order chi connectivity index (χ0) is 29.8. The van der Waals surface area contributed by atoms with Crippen molar-refractivity contribution in [3.05, 3.63) is 92.4 Å². The molecule has 0 radical (unpaired) electrons. The Hall–Kier alpha value is -2.49. The van der Waals surface area contributed by atoms with Gasteiger partial charge < -0.3 is 10.2 Å². The number of carbonyl (C=O) groups excluding carboxylic acids is 2. The molecule has 7 nitrogen and oxygen atoms in total. The van der Waals surface area contributed by atoms with Gasteiger partial charge in [0.25, 0.3) is 10.0 Å². The fraction of sp³-hybridized carbons (Fsp3) is 0.286. The Morgan fingerprint density at radius 2 is 1.43 bits per heavy atom. The van der Waals surface area contributed by atoms with Gasteiger partial charge >= 0.3 is 0 Å². The summed E-state index contributed by atoms with van der Waals surface area (Å²) in [5.41, 5.74) is -0.0856. The smallest absolute Gasteiger partial charge is 0.264 e. The number of amides is 2. The normalized spacial score (nSPS) is 12.5. The lowest BCUT2D eigenvalue weighted by molar-refractivity contribution is -0.140. The average molecular weight is 645 g/mol. The van der Waals surface area contributed by atoms with Crippen LogP contribution in [0.15, 0.2) is 71.6 Å². The van der Waals surface area contributed by atoms with E-state index in [2.05, 4.69) is 5.32 Å². The molecule has 1 atom stereocenters. The van der Waals surface area contributed by atoms with Crippen molar-refractivity contribution in [1.29, 1.82) is 0 Å². The molecular weight excluding hydrogens is 616 g/mol. The largest absolute Gasteiger partial charge is 0.350 e. The lowest BCUT2D eigenvalue weighted by atomic mass is 10.1. The maximum atomic E-state index is 14.0. The molecule has 40 heavy (non-hydrogen) atoms. The van der Waals surface area contributed by atoms with E-state index in [4.69, 9.17) is 46.4 Å². The standard InChI is InChI=1S/C28H29Cl4N3O4S/c1-18(27(37)33-28(2,3)4)34(16-23-24(31)11-8-12-25(23)32)26(36)17-35(21-14-19(29)13-20(30)15-21)40(38,39)22-9-6-5-7-10-22/h5-15,18H,16-17H2,1-4H3,(H,33,37)/t18-/m1/s1. The molecule has 0 aromatic heterocycles.